The van der Waals surface area contributed by atoms with Crippen molar-refractivity contribution >= 4 is 16.9 Å². The van der Waals surface area contributed by atoms with E-state index in [2.05, 4.69) is 11.8 Å². The Hall–Kier alpha value is -3.32. The Morgan fingerprint density at radius 2 is 1.81 bits per heavy atom. The highest BCUT2D eigenvalue weighted by atomic mass is 16.5. The van der Waals surface area contributed by atoms with Crippen molar-refractivity contribution < 1.29 is 18.7 Å². The number of ether oxygens (including phenoxy) is 2. The highest BCUT2D eigenvalue weighted by Gasteiger charge is 2.42. The molecule has 2 heterocycles. The molecule has 1 aromatic heterocycles. The van der Waals surface area contributed by atoms with Gasteiger partial charge >= 0.3 is 0 Å². The molecule has 0 bridgehead atoms. The van der Waals surface area contributed by atoms with E-state index in [1.165, 1.54) is 0 Å². The van der Waals surface area contributed by atoms with Crippen LogP contribution in [-0.4, -0.2) is 56.1 Å². The first-order valence-corrected chi connectivity index (χ1v) is 12.8. The number of carbonyl (C=O) groups excluding carboxylic acids is 1. The number of aryl methyl sites for hydroxylation is 1. The first kappa shape index (κ1) is 25.8. The molecular formula is C29H36N2O5. The average molecular weight is 493 g/mol. The van der Waals surface area contributed by atoms with E-state index in [1.54, 1.807) is 11.0 Å². The third-order valence-corrected chi connectivity index (χ3v) is 6.46. The monoisotopic (exact) mass is 492 g/mol. The summed E-state index contributed by atoms with van der Waals surface area (Å²) in [4.78, 5) is 31.2. The predicted octanol–water partition coefficient (Wildman–Crippen LogP) is 5.18. The summed E-state index contributed by atoms with van der Waals surface area (Å²) in [5.74, 6) is 1.15. The number of fused-ring (bicyclic) bond motifs is 2. The minimum atomic E-state index is -0.556. The van der Waals surface area contributed by atoms with Gasteiger partial charge < -0.3 is 23.7 Å². The van der Waals surface area contributed by atoms with Crippen LogP contribution in [0.15, 0.2) is 45.6 Å². The van der Waals surface area contributed by atoms with Gasteiger partial charge in [0.15, 0.2) is 16.9 Å². The maximum Gasteiger partial charge on any atom is 0.290 e. The Labute approximate surface area is 212 Å². The molecule has 1 atom stereocenters. The van der Waals surface area contributed by atoms with Crippen LogP contribution in [0.3, 0.4) is 0 Å². The fourth-order valence-corrected chi connectivity index (χ4v) is 4.68. The summed E-state index contributed by atoms with van der Waals surface area (Å²) in [6.45, 7) is 8.38. The van der Waals surface area contributed by atoms with Gasteiger partial charge in [0.05, 0.1) is 30.2 Å². The molecule has 7 heteroatoms. The van der Waals surface area contributed by atoms with Crippen molar-refractivity contribution in [3.8, 4) is 11.5 Å². The summed E-state index contributed by atoms with van der Waals surface area (Å²) in [6, 6.07) is 10.6. The van der Waals surface area contributed by atoms with Gasteiger partial charge in [0.25, 0.3) is 5.91 Å². The number of unbranched alkanes of at least 4 members (excludes halogenated alkanes) is 1. The van der Waals surface area contributed by atoms with Crippen molar-refractivity contribution in [2.75, 3.05) is 40.4 Å². The summed E-state index contributed by atoms with van der Waals surface area (Å²) >= 11 is 0. The van der Waals surface area contributed by atoms with Gasteiger partial charge in [-0.3, -0.25) is 9.59 Å². The molecule has 1 aliphatic heterocycles. The van der Waals surface area contributed by atoms with E-state index in [0.717, 1.165) is 36.9 Å². The fourth-order valence-electron chi connectivity index (χ4n) is 4.68. The maximum absolute atomic E-state index is 13.8. The van der Waals surface area contributed by atoms with Gasteiger partial charge in [-0.15, -0.1) is 0 Å². The van der Waals surface area contributed by atoms with Gasteiger partial charge in [-0.1, -0.05) is 31.0 Å². The molecule has 3 aromatic rings. The molecule has 0 fully saturated rings. The number of hydrogen-bond donors (Lipinski definition) is 0. The van der Waals surface area contributed by atoms with E-state index in [0.29, 0.717) is 47.8 Å². The van der Waals surface area contributed by atoms with E-state index >= 15 is 0 Å². The smallest absolute Gasteiger partial charge is 0.290 e. The van der Waals surface area contributed by atoms with E-state index in [4.69, 9.17) is 13.9 Å². The van der Waals surface area contributed by atoms with E-state index < -0.39 is 6.04 Å². The van der Waals surface area contributed by atoms with Crippen LogP contribution in [-0.2, 0) is 0 Å². The minimum absolute atomic E-state index is 0.132. The molecule has 0 aliphatic carbocycles. The molecule has 36 heavy (non-hydrogen) atoms. The second kappa shape index (κ2) is 11.2. The molecule has 192 valence electrons. The van der Waals surface area contributed by atoms with Gasteiger partial charge in [0.1, 0.15) is 5.58 Å². The van der Waals surface area contributed by atoms with Crippen LogP contribution in [0.5, 0.6) is 11.5 Å². The van der Waals surface area contributed by atoms with Crippen LogP contribution in [0.4, 0.5) is 0 Å². The predicted molar refractivity (Wildman–Crippen MR) is 141 cm³/mol. The van der Waals surface area contributed by atoms with Gasteiger partial charge in [-0.05, 0) is 77.2 Å². The zero-order chi connectivity index (χ0) is 25.8. The summed E-state index contributed by atoms with van der Waals surface area (Å²) in [5.41, 5.74) is 2.43. The van der Waals surface area contributed by atoms with Crippen molar-refractivity contribution in [3.63, 3.8) is 0 Å². The first-order chi connectivity index (χ1) is 17.3. The molecule has 2 aromatic carbocycles. The van der Waals surface area contributed by atoms with E-state index in [9.17, 15) is 9.59 Å². The average Bonchev–Trinajstić information content (AvgIpc) is 3.12. The van der Waals surface area contributed by atoms with Crippen LogP contribution in [0, 0.1) is 6.92 Å². The lowest BCUT2D eigenvalue weighted by Crippen LogP contribution is -2.32. The van der Waals surface area contributed by atoms with Crippen molar-refractivity contribution in [2.45, 2.75) is 46.1 Å². The normalized spacial score (nSPS) is 15.1. The molecule has 1 amide bonds. The summed E-state index contributed by atoms with van der Waals surface area (Å²) in [6.07, 6.45) is 2.76. The number of benzene rings is 2. The molecule has 0 saturated heterocycles. The standard InChI is InChI=1S/C29H36N2O5/c1-6-8-16-35-23-13-11-20(18-24(23)34-7-2)26-25-27(32)21-17-19(3)10-12-22(21)36-28(25)29(33)31(26)15-9-14-30(4)5/h10-13,17-18,26H,6-9,14-16H2,1-5H3. The molecule has 4 rings (SSSR count). The number of amides is 1. The zero-order valence-electron chi connectivity index (χ0n) is 21.9. The molecular weight excluding hydrogens is 456 g/mol. The highest BCUT2D eigenvalue weighted by molar-refractivity contribution is 5.99. The van der Waals surface area contributed by atoms with Crippen LogP contribution in [0.2, 0.25) is 0 Å². The van der Waals surface area contributed by atoms with E-state index in [-0.39, 0.29) is 17.1 Å². The molecule has 7 nitrogen and oxygen atoms in total. The van der Waals surface area contributed by atoms with Crippen molar-refractivity contribution in [2.24, 2.45) is 0 Å². The zero-order valence-corrected chi connectivity index (χ0v) is 21.9. The number of rotatable bonds is 11. The van der Waals surface area contributed by atoms with Gasteiger partial charge in [0.2, 0.25) is 5.76 Å². The molecule has 0 spiro atoms. The lowest BCUT2D eigenvalue weighted by atomic mass is 9.97. The summed E-state index contributed by atoms with van der Waals surface area (Å²) in [7, 11) is 4.01. The second-order valence-corrected chi connectivity index (χ2v) is 9.57. The number of carbonyl (C=O) groups is 1. The Kier molecular flexibility index (Phi) is 7.99. The molecule has 1 aliphatic rings. The fraction of sp³-hybridized carbons (Fsp3) is 0.448. The second-order valence-electron chi connectivity index (χ2n) is 9.57. The first-order valence-electron chi connectivity index (χ1n) is 12.8. The quantitative estimate of drug-likeness (QED) is 0.344. The Morgan fingerprint density at radius 1 is 1.00 bits per heavy atom. The highest BCUT2D eigenvalue weighted by Crippen LogP contribution is 2.41. The van der Waals surface area contributed by atoms with Gasteiger partial charge in [-0.2, -0.15) is 0 Å². The lowest BCUT2D eigenvalue weighted by Gasteiger charge is -2.26. The van der Waals surface area contributed by atoms with Gasteiger partial charge in [0, 0.05) is 6.54 Å². The van der Waals surface area contributed by atoms with Crippen LogP contribution < -0.4 is 14.9 Å². The van der Waals surface area contributed by atoms with E-state index in [1.807, 2.05) is 58.3 Å². The third kappa shape index (κ3) is 5.12. The molecule has 0 radical (unpaired) electrons. The van der Waals surface area contributed by atoms with Crippen LogP contribution >= 0.6 is 0 Å². The minimum Gasteiger partial charge on any atom is -0.490 e. The number of nitrogens with zero attached hydrogens (tertiary/aromatic N) is 2. The van der Waals surface area contributed by atoms with Gasteiger partial charge in [-0.25, -0.2) is 0 Å². The third-order valence-electron chi connectivity index (χ3n) is 6.46. The molecule has 0 N–H and O–H groups in total. The largest absolute Gasteiger partial charge is 0.490 e. The molecule has 0 saturated carbocycles. The molecule has 1 unspecified atom stereocenters. The topological polar surface area (TPSA) is 72.2 Å². The van der Waals surface area contributed by atoms with Crippen LogP contribution in [0.25, 0.3) is 11.0 Å². The van der Waals surface area contributed by atoms with Crippen molar-refractivity contribution in [1.29, 1.82) is 0 Å². The van der Waals surface area contributed by atoms with Crippen LogP contribution in [0.1, 0.15) is 66.4 Å². The van der Waals surface area contributed by atoms with Crippen molar-refractivity contribution in [1.82, 2.24) is 9.80 Å². The maximum atomic E-state index is 13.8. The lowest BCUT2D eigenvalue weighted by molar-refractivity contribution is 0.0722. The Morgan fingerprint density at radius 3 is 2.53 bits per heavy atom. The Balaban J connectivity index is 1.83. The summed E-state index contributed by atoms with van der Waals surface area (Å²) in [5, 5.41) is 0.492. The SMILES string of the molecule is CCCCOc1ccc(C2c3c(oc4ccc(C)cc4c3=O)C(=O)N2CCCN(C)C)cc1OCC. The summed E-state index contributed by atoms with van der Waals surface area (Å²) < 4.78 is 17.9. The Bertz CT molecular complexity index is 1300. The number of hydrogen-bond acceptors (Lipinski definition) is 6. The van der Waals surface area contributed by atoms with Crippen molar-refractivity contribution in [3.05, 3.63) is 69.1 Å².